The average molecular weight is 514 g/mol. The summed E-state index contributed by atoms with van der Waals surface area (Å²) in [5.74, 6) is -0.409. The molecule has 1 fully saturated rings. The maximum atomic E-state index is 13.6. The molecule has 1 saturated carbocycles. The molecule has 1 atom stereocenters. The number of benzene rings is 1. The predicted octanol–water partition coefficient (Wildman–Crippen LogP) is 4.37. The third kappa shape index (κ3) is 5.78. The lowest BCUT2D eigenvalue weighted by atomic mass is 9.70. The van der Waals surface area contributed by atoms with Gasteiger partial charge in [0.15, 0.2) is 5.60 Å². The van der Waals surface area contributed by atoms with E-state index in [-0.39, 0.29) is 11.8 Å². The van der Waals surface area contributed by atoms with E-state index in [9.17, 15) is 19.1 Å². The van der Waals surface area contributed by atoms with Crippen molar-refractivity contribution in [2.75, 3.05) is 0 Å². The molecular formula is C22H29BrFN3O5. The molecule has 0 unspecified atom stereocenters. The lowest BCUT2D eigenvalue weighted by molar-refractivity contribution is -0.0845. The molecule has 176 valence electrons. The van der Waals surface area contributed by atoms with Crippen molar-refractivity contribution in [3.8, 4) is 0 Å². The standard InChI is InChI=1S/C22H29BrFN3O5/c1-20(2,3)11-14(31-18(25)28)12-21(30)6-8-22(9-7-21)17(26-27-19(29)32-22)15-5-4-13(24)10-16(15)23/h4-5,10,14,30H,6-9,11-12H2,1-3H3,(H2,25,28)(H,27,29)/t14-,21?,22?/m0/s1. The highest BCUT2D eigenvalue weighted by atomic mass is 79.9. The number of hydrazone groups is 1. The highest BCUT2D eigenvalue weighted by Gasteiger charge is 2.51. The van der Waals surface area contributed by atoms with Crippen LogP contribution in [0.2, 0.25) is 0 Å². The number of nitrogens with two attached hydrogens (primary N) is 1. The van der Waals surface area contributed by atoms with Crippen molar-refractivity contribution in [3.05, 3.63) is 34.1 Å². The minimum absolute atomic E-state index is 0.133. The molecule has 0 radical (unpaired) electrons. The summed E-state index contributed by atoms with van der Waals surface area (Å²) in [4.78, 5) is 23.4. The van der Waals surface area contributed by atoms with Crippen molar-refractivity contribution in [2.45, 2.75) is 76.6 Å². The van der Waals surface area contributed by atoms with Crippen molar-refractivity contribution < 1.29 is 28.6 Å². The molecule has 8 nitrogen and oxygen atoms in total. The quantitative estimate of drug-likeness (QED) is 0.539. The monoisotopic (exact) mass is 513 g/mol. The van der Waals surface area contributed by atoms with Gasteiger partial charge in [0, 0.05) is 16.5 Å². The fourth-order valence-electron chi connectivity index (χ4n) is 4.53. The number of halogens is 2. The van der Waals surface area contributed by atoms with E-state index in [4.69, 9.17) is 15.2 Å². The topological polar surface area (TPSA) is 123 Å². The number of carbonyl (C=O) groups excluding carboxylic acids is 2. The Labute approximate surface area is 194 Å². The first kappa shape index (κ1) is 24.4. The molecule has 32 heavy (non-hydrogen) atoms. The van der Waals surface area contributed by atoms with Gasteiger partial charge in [-0.15, -0.1) is 0 Å². The first-order valence-electron chi connectivity index (χ1n) is 10.5. The van der Waals surface area contributed by atoms with Crippen molar-refractivity contribution in [1.29, 1.82) is 0 Å². The zero-order valence-corrected chi connectivity index (χ0v) is 20.0. The molecule has 1 aliphatic heterocycles. The second kappa shape index (κ2) is 8.97. The van der Waals surface area contributed by atoms with Crippen LogP contribution in [0.25, 0.3) is 0 Å². The van der Waals surface area contributed by atoms with Crippen LogP contribution >= 0.6 is 15.9 Å². The third-order valence-electron chi connectivity index (χ3n) is 5.88. The predicted molar refractivity (Wildman–Crippen MR) is 120 cm³/mol. The number of nitrogens with one attached hydrogen (secondary N) is 1. The Bertz CT molecular complexity index is 923. The minimum atomic E-state index is -1.13. The summed E-state index contributed by atoms with van der Waals surface area (Å²) < 4.78 is 25.1. The van der Waals surface area contributed by atoms with Gasteiger partial charge in [-0.1, -0.05) is 36.7 Å². The van der Waals surface area contributed by atoms with E-state index >= 15 is 0 Å². The van der Waals surface area contributed by atoms with Crippen molar-refractivity contribution in [3.63, 3.8) is 0 Å². The van der Waals surface area contributed by atoms with Crippen LogP contribution in [0.5, 0.6) is 0 Å². The maximum Gasteiger partial charge on any atom is 0.428 e. The first-order valence-corrected chi connectivity index (χ1v) is 11.3. The number of rotatable bonds is 5. The Kier molecular flexibility index (Phi) is 6.86. The summed E-state index contributed by atoms with van der Waals surface area (Å²) in [7, 11) is 0. The van der Waals surface area contributed by atoms with Crippen LogP contribution in [0.1, 0.15) is 64.9 Å². The number of carbonyl (C=O) groups is 2. The number of hydrogen-bond donors (Lipinski definition) is 3. The molecule has 1 aromatic rings. The molecule has 2 aliphatic rings. The summed E-state index contributed by atoms with van der Waals surface area (Å²) >= 11 is 3.35. The zero-order chi connectivity index (χ0) is 23.7. The highest BCUT2D eigenvalue weighted by molar-refractivity contribution is 9.10. The fourth-order valence-corrected chi connectivity index (χ4v) is 5.07. The molecule has 1 heterocycles. The van der Waals surface area contributed by atoms with Gasteiger partial charge in [0.1, 0.15) is 17.6 Å². The number of nitrogens with zero attached hydrogens (tertiary/aromatic N) is 1. The van der Waals surface area contributed by atoms with Gasteiger partial charge in [-0.05, 0) is 55.7 Å². The largest absolute Gasteiger partial charge is 0.446 e. The third-order valence-corrected chi connectivity index (χ3v) is 6.54. The van der Waals surface area contributed by atoms with Gasteiger partial charge < -0.3 is 20.3 Å². The van der Waals surface area contributed by atoms with E-state index < -0.39 is 35.3 Å². The smallest absolute Gasteiger partial charge is 0.428 e. The number of hydrogen-bond acceptors (Lipinski definition) is 6. The van der Waals surface area contributed by atoms with Crippen molar-refractivity contribution in [1.82, 2.24) is 5.43 Å². The van der Waals surface area contributed by atoms with Crippen LogP contribution in [0.15, 0.2) is 27.8 Å². The Morgan fingerprint density at radius 3 is 2.59 bits per heavy atom. The second-order valence-electron chi connectivity index (χ2n) is 9.83. The van der Waals surface area contributed by atoms with E-state index in [2.05, 4.69) is 26.5 Å². The van der Waals surface area contributed by atoms with Crippen molar-refractivity contribution >= 4 is 33.8 Å². The molecule has 0 aromatic heterocycles. The Hall–Kier alpha value is -2.20. The van der Waals surface area contributed by atoms with Gasteiger partial charge in [0.05, 0.1) is 5.60 Å². The first-order chi connectivity index (χ1) is 14.8. The molecule has 10 heteroatoms. The van der Waals surface area contributed by atoms with E-state index in [0.29, 0.717) is 47.9 Å². The molecule has 0 saturated heterocycles. The number of amides is 2. The lowest BCUT2D eigenvalue weighted by Crippen LogP contribution is -2.55. The minimum Gasteiger partial charge on any atom is -0.446 e. The zero-order valence-electron chi connectivity index (χ0n) is 18.4. The fraction of sp³-hybridized carbons (Fsp3) is 0.591. The molecule has 0 bridgehead atoms. The van der Waals surface area contributed by atoms with Gasteiger partial charge in [-0.25, -0.2) is 19.4 Å². The van der Waals surface area contributed by atoms with E-state index in [1.165, 1.54) is 12.1 Å². The average Bonchev–Trinajstić information content (AvgIpc) is 2.63. The van der Waals surface area contributed by atoms with Gasteiger partial charge in [-0.2, -0.15) is 5.10 Å². The Balaban J connectivity index is 1.81. The van der Waals surface area contributed by atoms with Gasteiger partial charge in [0.25, 0.3) is 0 Å². The summed E-state index contributed by atoms with van der Waals surface area (Å²) in [5, 5.41) is 15.5. The van der Waals surface area contributed by atoms with E-state index in [1.54, 1.807) is 6.07 Å². The second-order valence-corrected chi connectivity index (χ2v) is 10.7. The molecular weight excluding hydrogens is 485 g/mol. The van der Waals surface area contributed by atoms with Gasteiger partial charge >= 0.3 is 12.2 Å². The van der Waals surface area contributed by atoms with Crippen LogP contribution in [0.3, 0.4) is 0 Å². The molecule has 2 amide bonds. The molecule has 1 aliphatic carbocycles. The van der Waals surface area contributed by atoms with Crippen LogP contribution in [-0.2, 0) is 9.47 Å². The number of aliphatic hydroxyl groups is 1. The van der Waals surface area contributed by atoms with Crippen LogP contribution in [-0.4, -0.2) is 40.3 Å². The summed E-state index contributed by atoms with van der Waals surface area (Å²) in [5.41, 5.74) is 6.31. The molecule has 1 aromatic carbocycles. The van der Waals surface area contributed by atoms with E-state index in [1.807, 2.05) is 20.8 Å². The SMILES string of the molecule is CC(C)(C)C[C@@H](CC1(O)CCC2(CC1)OC(=O)NN=C2c1ccc(F)cc1Br)OC(N)=O. The van der Waals surface area contributed by atoms with E-state index in [0.717, 1.165) is 0 Å². The number of primary amides is 1. The summed E-state index contributed by atoms with van der Waals surface area (Å²) in [6, 6.07) is 4.20. The summed E-state index contributed by atoms with van der Waals surface area (Å²) in [6.45, 7) is 6.05. The highest BCUT2D eigenvalue weighted by Crippen LogP contribution is 2.44. The molecule has 1 spiro atoms. The van der Waals surface area contributed by atoms with Gasteiger partial charge in [0.2, 0.25) is 0 Å². The van der Waals surface area contributed by atoms with Crippen molar-refractivity contribution in [2.24, 2.45) is 16.3 Å². The summed E-state index contributed by atoms with van der Waals surface area (Å²) in [6.07, 6.45) is -0.141. The van der Waals surface area contributed by atoms with Crippen LogP contribution in [0, 0.1) is 11.2 Å². The molecule has 4 N–H and O–H groups in total. The lowest BCUT2D eigenvalue weighted by Gasteiger charge is -2.46. The van der Waals surface area contributed by atoms with Crippen LogP contribution < -0.4 is 11.2 Å². The normalized spacial score (nSPS) is 26.7. The Morgan fingerprint density at radius 2 is 2.03 bits per heavy atom. The maximum absolute atomic E-state index is 13.6. The Morgan fingerprint density at radius 1 is 1.38 bits per heavy atom. The van der Waals surface area contributed by atoms with Gasteiger partial charge in [-0.3, -0.25) is 0 Å². The van der Waals surface area contributed by atoms with Crippen LogP contribution in [0.4, 0.5) is 14.0 Å². The molecule has 3 rings (SSSR count). The number of ether oxygens (including phenoxy) is 2.